The molecule has 32 heavy (non-hydrogen) atoms. The lowest BCUT2D eigenvalue weighted by Crippen LogP contribution is -2.24. The second-order valence-electron chi connectivity index (χ2n) is 7.08. The second-order valence-corrected chi connectivity index (χ2v) is 7.51. The molecule has 0 spiro atoms. The number of carbonyl (C=O) groups excluding carboxylic acids is 1. The first-order valence-corrected chi connectivity index (χ1v) is 10.3. The molecule has 0 bridgehead atoms. The first kappa shape index (κ1) is 21.3. The average Bonchev–Trinajstić information content (AvgIpc) is 2.82. The molecule has 1 amide bonds. The number of amides is 1. The molecule has 0 unspecified atom stereocenters. The Labute approximate surface area is 190 Å². The number of para-hydroxylation sites is 1. The summed E-state index contributed by atoms with van der Waals surface area (Å²) in [6.45, 7) is 1.65. The Bertz CT molecular complexity index is 1330. The van der Waals surface area contributed by atoms with Crippen LogP contribution in [0.3, 0.4) is 0 Å². The topological polar surface area (TPSA) is 73.2 Å². The largest absolute Gasteiger partial charge is 0.497 e. The molecule has 1 aromatic heterocycles. The van der Waals surface area contributed by atoms with E-state index in [1.165, 1.54) is 0 Å². The molecule has 160 valence electrons. The lowest BCUT2D eigenvalue weighted by atomic mass is 10.0. The average molecular weight is 446 g/mol. The number of rotatable bonds is 5. The standard InChI is InChI=1S/C25H20ClN3O3/c1-16-23(30)22(18-7-6-10-21(15-18)32-2)24(29(28-16)20-8-4-3-5-9-20)27-25(31)17-11-13-19(26)14-12-17/h3-15H,1-2H3,(H,27,31). The molecule has 6 nitrogen and oxygen atoms in total. The Morgan fingerprint density at radius 2 is 1.72 bits per heavy atom. The van der Waals surface area contributed by atoms with Gasteiger partial charge >= 0.3 is 0 Å². The number of hydrogen-bond donors (Lipinski definition) is 1. The monoisotopic (exact) mass is 445 g/mol. The first-order chi connectivity index (χ1) is 15.5. The molecule has 0 aliphatic carbocycles. The number of aryl methyl sites for hydroxylation is 1. The third-order valence-electron chi connectivity index (χ3n) is 4.95. The van der Waals surface area contributed by atoms with Crippen LogP contribution in [-0.2, 0) is 0 Å². The van der Waals surface area contributed by atoms with Crippen molar-refractivity contribution in [2.24, 2.45) is 0 Å². The zero-order valence-corrected chi connectivity index (χ0v) is 18.3. The molecule has 3 aromatic carbocycles. The van der Waals surface area contributed by atoms with E-state index in [2.05, 4.69) is 10.4 Å². The highest BCUT2D eigenvalue weighted by Crippen LogP contribution is 2.30. The number of nitrogens with one attached hydrogen (secondary N) is 1. The minimum atomic E-state index is -0.388. The van der Waals surface area contributed by atoms with E-state index in [-0.39, 0.29) is 17.2 Å². The summed E-state index contributed by atoms with van der Waals surface area (Å²) in [5, 5.41) is 7.89. The fourth-order valence-electron chi connectivity index (χ4n) is 3.34. The zero-order chi connectivity index (χ0) is 22.7. The molecule has 0 fully saturated rings. The minimum Gasteiger partial charge on any atom is -0.497 e. The van der Waals surface area contributed by atoms with Crippen molar-refractivity contribution in [2.45, 2.75) is 6.92 Å². The third kappa shape index (κ3) is 4.26. The van der Waals surface area contributed by atoms with Crippen LogP contribution in [0, 0.1) is 6.92 Å². The summed E-state index contributed by atoms with van der Waals surface area (Å²) in [7, 11) is 1.56. The molecule has 0 aliphatic rings. The summed E-state index contributed by atoms with van der Waals surface area (Å²) in [4.78, 5) is 26.3. The Balaban J connectivity index is 1.95. The Hall–Kier alpha value is -3.90. The number of aromatic nitrogens is 2. The Kier molecular flexibility index (Phi) is 6.05. The smallest absolute Gasteiger partial charge is 0.256 e. The summed E-state index contributed by atoms with van der Waals surface area (Å²) in [5.41, 5.74) is 2.05. The molecule has 4 aromatic rings. The first-order valence-electron chi connectivity index (χ1n) is 9.88. The maximum absolute atomic E-state index is 13.3. The molecule has 0 radical (unpaired) electrons. The van der Waals surface area contributed by atoms with Crippen molar-refractivity contribution in [1.82, 2.24) is 9.78 Å². The van der Waals surface area contributed by atoms with Crippen molar-refractivity contribution < 1.29 is 9.53 Å². The minimum absolute atomic E-state index is 0.264. The van der Waals surface area contributed by atoms with Crippen LogP contribution >= 0.6 is 11.6 Å². The van der Waals surface area contributed by atoms with Crippen molar-refractivity contribution in [3.8, 4) is 22.6 Å². The number of ether oxygens (including phenoxy) is 1. The highest BCUT2D eigenvalue weighted by Gasteiger charge is 2.21. The number of benzene rings is 3. The molecule has 0 saturated heterocycles. The number of hydrogen-bond acceptors (Lipinski definition) is 4. The fraction of sp³-hybridized carbons (Fsp3) is 0.0800. The fourth-order valence-corrected chi connectivity index (χ4v) is 3.46. The molecule has 7 heteroatoms. The van der Waals surface area contributed by atoms with E-state index in [9.17, 15) is 9.59 Å². The Morgan fingerprint density at radius 1 is 1.00 bits per heavy atom. The lowest BCUT2D eigenvalue weighted by Gasteiger charge is -2.18. The van der Waals surface area contributed by atoms with E-state index in [4.69, 9.17) is 16.3 Å². The number of halogens is 1. The van der Waals surface area contributed by atoms with E-state index in [0.29, 0.717) is 38.8 Å². The van der Waals surface area contributed by atoms with Gasteiger partial charge in [0.25, 0.3) is 5.91 Å². The predicted octanol–water partition coefficient (Wildman–Crippen LogP) is 5.12. The van der Waals surface area contributed by atoms with Gasteiger partial charge in [0, 0.05) is 10.6 Å². The van der Waals surface area contributed by atoms with Gasteiger partial charge in [0.2, 0.25) is 5.43 Å². The highest BCUT2D eigenvalue weighted by molar-refractivity contribution is 6.30. The summed E-state index contributed by atoms with van der Waals surface area (Å²) in [6, 6.07) is 23.0. The molecular formula is C25H20ClN3O3. The van der Waals surface area contributed by atoms with Crippen molar-refractivity contribution >= 4 is 23.3 Å². The van der Waals surface area contributed by atoms with E-state index in [0.717, 1.165) is 0 Å². The van der Waals surface area contributed by atoms with E-state index in [1.807, 2.05) is 30.3 Å². The summed E-state index contributed by atoms with van der Waals surface area (Å²) < 4.78 is 6.91. The van der Waals surface area contributed by atoms with Gasteiger partial charge in [-0.1, -0.05) is 41.9 Å². The molecule has 1 heterocycles. The van der Waals surface area contributed by atoms with Gasteiger partial charge in [-0.2, -0.15) is 5.10 Å². The normalized spacial score (nSPS) is 10.6. The molecular weight excluding hydrogens is 426 g/mol. The van der Waals surface area contributed by atoms with E-state index in [1.54, 1.807) is 67.2 Å². The van der Waals surface area contributed by atoms with Gasteiger partial charge in [-0.25, -0.2) is 4.68 Å². The van der Waals surface area contributed by atoms with Gasteiger partial charge in [-0.05, 0) is 61.0 Å². The predicted molar refractivity (Wildman–Crippen MR) is 126 cm³/mol. The van der Waals surface area contributed by atoms with Crippen molar-refractivity contribution in [3.05, 3.63) is 105 Å². The van der Waals surface area contributed by atoms with Gasteiger partial charge < -0.3 is 10.1 Å². The molecule has 0 aliphatic heterocycles. The summed E-state index contributed by atoms with van der Waals surface area (Å²) in [6.07, 6.45) is 0. The van der Waals surface area contributed by atoms with Gasteiger partial charge in [-0.15, -0.1) is 0 Å². The van der Waals surface area contributed by atoms with Gasteiger partial charge in [-0.3, -0.25) is 9.59 Å². The van der Waals surface area contributed by atoms with Crippen LogP contribution in [-0.4, -0.2) is 22.8 Å². The molecule has 4 rings (SSSR count). The van der Waals surface area contributed by atoms with Crippen LogP contribution in [0.25, 0.3) is 16.8 Å². The van der Waals surface area contributed by atoms with Crippen molar-refractivity contribution in [3.63, 3.8) is 0 Å². The van der Waals surface area contributed by atoms with Crippen molar-refractivity contribution in [2.75, 3.05) is 12.4 Å². The number of carbonyl (C=O) groups is 1. The van der Waals surface area contributed by atoms with E-state index < -0.39 is 0 Å². The quantitative estimate of drug-likeness (QED) is 0.462. The third-order valence-corrected chi connectivity index (χ3v) is 5.20. The van der Waals surface area contributed by atoms with E-state index >= 15 is 0 Å². The maximum Gasteiger partial charge on any atom is 0.256 e. The number of anilines is 1. The zero-order valence-electron chi connectivity index (χ0n) is 17.5. The van der Waals surface area contributed by atoms with Gasteiger partial charge in [0.15, 0.2) is 0 Å². The lowest BCUT2D eigenvalue weighted by molar-refractivity contribution is 0.102. The number of nitrogens with zero attached hydrogens (tertiary/aromatic N) is 2. The second kappa shape index (κ2) is 9.08. The van der Waals surface area contributed by atoms with Crippen LogP contribution in [0.1, 0.15) is 16.1 Å². The van der Waals surface area contributed by atoms with Crippen LogP contribution in [0.4, 0.5) is 5.82 Å². The van der Waals surface area contributed by atoms with Crippen LogP contribution < -0.4 is 15.5 Å². The SMILES string of the molecule is COc1cccc(-c2c(NC(=O)c3ccc(Cl)cc3)n(-c3ccccc3)nc(C)c2=O)c1. The number of methoxy groups -OCH3 is 1. The van der Waals surface area contributed by atoms with Crippen molar-refractivity contribution in [1.29, 1.82) is 0 Å². The molecule has 1 N–H and O–H groups in total. The van der Waals surface area contributed by atoms with Gasteiger partial charge in [0.1, 0.15) is 17.3 Å². The Morgan fingerprint density at radius 3 is 2.41 bits per heavy atom. The van der Waals surface area contributed by atoms with Gasteiger partial charge in [0.05, 0.1) is 18.4 Å². The summed E-state index contributed by atoms with van der Waals surface area (Å²) in [5.74, 6) is 0.471. The van der Waals surface area contributed by atoms with Crippen LogP contribution in [0.15, 0.2) is 83.7 Å². The van der Waals surface area contributed by atoms with Crippen LogP contribution in [0.5, 0.6) is 5.75 Å². The highest BCUT2D eigenvalue weighted by atomic mass is 35.5. The maximum atomic E-state index is 13.3. The summed E-state index contributed by atoms with van der Waals surface area (Å²) >= 11 is 5.95. The van der Waals surface area contributed by atoms with Crippen LogP contribution in [0.2, 0.25) is 5.02 Å². The molecule has 0 atom stereocenters. The molecule has 0 saturated carbocycles.